The molecule has 0 heterocycles. The number of ether oxygens (including phenoxy) is 1. The topological polar surface area (TPSA) is 70.6 Å². The first-order valence-electron chi connectivity index (χ1n) is 6.34. The van der Waals surface area contributed by atoms with Gasteiger partial charge in [0.25, 0.3) is 0 Å². The summed E-state index contributed by atoms with van der Waals surface area (Å²) in [6, 6.07) is 10.2. The van der Waals surface area contributed by atoms with Gasteiger partial charge in [0.05, 0.1) is 19.4 Å². The van der Waals surface area contributed by atoms with Crippen LogP contribution in [0.2, 0.25) is 0 Å². The highest BCUT2D eigenvalue weighted by atomic mass is 79.9. The lowest BCUT2D eigenvalue weighted by atomic mass is 10.2. The first-order chi connectivity index (χ1) is 10.5. The number of aliphatic hydroxyl groups is 1. The van der Waals surface area contributed by atoms with Gasteiger partial charge in [-0.25, -0.2) is 4.79 Å². The first-order valence-corrected chi connectivity index (χ1v) is 7.93. The number of aliphatic hydroxyl groups excluding tert-OH is 1. The number of carbonyl (C=O) groups is 1. The number of hydrogen-bond donors (Lipinski definition) is 3. The fourth-order valence-electron chi connectivity index (χ4n) is 1.86. The second-order valence-electron chi connectivity index (χ2n) is 4.38. The predicted molar refractivity (Wildman–Crippen MR) is 93.4 cm³/mol. The van der Waals surface area contributed by atoms with Gasteiger partial charge in [0, 0.05) is 26.3 Å². The van der Waals surface area contributed by atoms with Gasteiger partial charge in [-0.15, -0.1) is 0 Å². The van der Waals surface area contributed by atoms with Gasteiger partial charge >= 0.3 is 6.03 Å². The standard InChI is InChI=1S/C15H14Br2N2O3/c1-22-11-4-2-3-10(7-11)18-15(21)19-14-6-9(16)5-13(17)12(14)8-20/h2-7,20H,8H2,1H3,(H2,18,19,21). The van der Waals surface area contributed by atoms with Gasteiger partial charge in [0.2, 0.25) is 0 Å². The van der Waals surface area contributed by atoms with Gasteiger partial charge < -0.3 is 20.5 Å². The van der Waals surface area contributed by atoms with E-state index in [1.165, 1.54) is 0 Å². The molecule has 2 amide bonds. The molecule has 0 fully saturated rings. The van der Waals surface area contributed by atoms with E-state index in [9.17, 15) is 9.90 Å². The molecule has 7 heteroatoms. The third-order valence-electron chi connectivity index (χ3n) is 2.89. The van der Waals surface area contributed by atoms with E-state index in [1.54, 1.807) is 43.5 Å². The third-order valence-corrected chi connectivity index (χ3v) is 4.06. The fourth-order valence-corrected chi connectivity index (χ4v) is 3.21. The Morgan fingerprint density at radius 1 is 1.23 bits per heavy atom. The van der Waals surface area contributed by atoms with Crippen molar-refractivity contribution in [3.63, 3.8) is 0 Å². The van der Waals surface area contributed by atoms with E-state index in [2.05, 4.69) is 42.5 Å². The number of rotatable bonds is 4. The number of nitrogens with one attached hydrogen (secondary N) is 2. The fraction of sp³-hybridized carbons (Fsp3) is 0.133. The number of urea groups is 1. The summed E-state index contributed by atoms with van der Waals surface area (Å²) in [7, 11) is 1.56. The van der Waals surface area contributed by atoms with Crippen LogP contribution in [-0.4, -0.2) is 18.2 Å². The maximum Gasteiger partial charge on any atom is 0.323 e. The Labute approximate surface area is 144 Å². The maximum absolute atomic E-state index is 12.1. The molecule has 0 aromatic heterocycles. The molecule has 0 aliphatic carbocycles. The average molecular weight is 430 g/mol. The summed E-state index contributed by atoms with van der Waals surface area (Å²) >= 11 is 6.71. The van der Waals surface area contributed by atoms with Gasteiger partial charge in [-0.05, 0) is 24.3 Å². The van der Waals surface area contributed by atoms with Crippen molar-refractivity contribution in [3.05, 3.63) is 50.9 Å². The Bertz CT molecular complexity index is 692. The van der Waals surface area contributed by atoms with Crippen molar-refractivity contribution in [2.24, 2.45) is 0 Å². The van der Waals surface area contributed by atoms with Crippen LogP contribution in [0.3, 0.4) is 0 Å². The zero-order valence-corrected chi connectivity index (χ0v) is 14.9. The molecule has 0 aliphatic rings. The monoisotopic (exact) mass is 428 g/mol. The summed E-state index contributed by atoms with van der Waals surface area (Å²) in [6.45, 7) is -0.192. The minimum absolute atomic E-state index is 0.192. The molecule has 0 saturated heterocycles. The number of benzene rings is 2. The second-order valence-corrected chi connectivity index (χ2v) is 6.15. The van der Waals surface area contributed by atoms with Crippen molar-refractivity contribution in [3.8, 4) is 5.75 Å². The summed E-state index contributed by atoms with van der Waals surface area (Å²) in [5, 5.41) is 14.9. The van der Waals surface area contributed by atoms with Crippen molar-refractivity contribution < 1.29 is 14.6 Å². The summed E-state index contributed by atoms with van der Waals surface area (Å²) in [4.78, 5) is 12.1. The molecular weight excluding hydrogens is 416 g/mol. The summed E-state index contributed by atoms with van der Waals surface area (Å²) in [6.07, 6.45) is 0. The van der Waals surface area contributed by atoms with Crippen LogP contribution >= 0.6 is 31.9 Å². The van der Waals surface area contributed by atoms with E-state index in [0.717, 1.165) is 4.47 Å². The van der Waals surface area contributed by atoms with E-state index >= 15 is 0 Å². The van der Waals surface area contributed by atoms with Gasteiger partial charge in [0.1, 0.15) is 5.75 Å². The number of carbonyl (C=O) groups excluding carboxylic acids is 1. The quantitative estimate of drug-likeness (QED) is 0.676. The van der Waals surface area contributed by atoms with Gasteiger partial charge in [-0.1, -0.05) is 37.9 Å². The first kappa shape index (κ1) is 16.8. The predicted octanol–water partition coefficient (Wildman–Crippen LogP) is 4.36. The van der Waals surface area contributed by atoms with Crippen LogP contribution in [0, 0.1) is 0 Å². The van der Waals surface area contributed by atoms with E-state index in [-0.39, 0.29) is 6.61 Å². The Morgan fingerprint density at radius 3 is 2.68 bits per heavy atom. The zero-order chi connectivity index (χ0) is 16.1. The molecule has 0 atom stereocenters. The molecule has 22 heavy (non-hydrogen) atoms. The normalized spacial score (nSPS) is 10.2. The maximum atomic E-state index is 12.1. The van der Waals surface area contributed by atoms with Crippen LogP contribution in [0.4, 0.5) is 16.2 Å². The summed E-state index contributed by atoms with van der Waals surface area (Å²) in [5.41, 5.74) is 1.73. The molecule has 2 aromatic rings. The van der Waals surface area contributed by atoms with Crippen LogP contribution in [-0.2, 0) is 6.61 Å². The number of amides is 2. The van der Waals surface area contributed by atoms with Crippen molar-refractivity contribution in [1.82, 2.24) is 0 Å². The number of methoxy groups -OCH3 is 1. The minimum atomic E-state index is -0.409. The molecule has 0 spiro atoms. The molecule has 0 unspecified atom stereocenters. The largest absolute Gasteiger partial charge is 0.497 e. The second kappa shape index (κ2) is 7.62. The third kappa shape index (κ3) is 4.22. The van der Waals surface area contributed by atoms with Gasteiger partial charge in [-0.3, -0.25) is 0 Å². The van der Waals surface area contributed by atoms with E-state index < -0.39 is 6.03 Å². The van der Waals surface area contributed by atoms with Crippen LogP contribution in [0.1, 0.15) is 5.56 Å². The zero-order valence-electron chi connectivity index (χ0n) is 11.7. The average Bonchev–Trinajstić information content (AvgIpc) is 2.47. The van der Waals surface area contributed by atoms with Crippen LogP contribution < -0.4 is 15.4 Å². The smallest absolute Gasteiger partial charge is 0.323 e. The van der Waals surface area contributed by atoms with Crippen LogP contribution in [0.15, 0.2) is 45.3 Å². The Morgan fingerprint density at radius 2 is 2.00 bits per heavy atom. The molecule has 2 rings (SSSR count). The summed E-state index contributed by atoms with van der Waals surface area (Å²) in [5.74, 6) is 0.652. The molecular formula is C15H14Br2N2O3. The van der Waals surface area contributed by atoms with E-state index in [1.807, 2.05) is 0 Å². The van der Waals surface area contributed by atoms with Crippen LogP contribution in [0.5, 0.6) is 5.75 Å². The number of hydrogen-bond acceptors (Lipinski definition) is 3. The molecule has 3 N–H and O–H groups in total. The van der Waals surface area contributed by atoms with Crippen molar-refractivity contribution in [2.75, 3.05) is 17.7 Å². The van der Waals surface area contributed by atoms with E-state index in [4.69, 9.17) is 4.74 Å². The van der Waals surface area contributed by atoms with Crippen LogP contribution in [0.25, 0.3) is 0 Å². The lowest BCUT2D eigenvalue weighted by Gasteiger charge is -2.13. The van der Waals surface area contributed by atoms with Crippen molar-refractivity contribution in [2.45, 2.75) is 6.61 Å². The van der Waals surface area contributed by atoms with Crippen molar-refractivity contribution in [1.29, 1.82) is 0 Å². The summed E-state index contributed by atoms with van der Waals surface area (Å²) < 4.78 is 6.60. The highest BCUT2D eigenvalue weighted by molar-refractivity contribution is 9.11. The highest BCUT2D eigenvalue weighted by Crippen LogP contribution is 2.30. The molecule has 2 aromatic carbocycles. The number of anilines is 2. The highest BCUT2D eigenvalue weighted by Gasteiger charge is 2.11. The molecule has 0 saturated carbocycles. The van der Waals surface area contributed by atoms with Gasteiger partial charge in [0.15, 0.2) is 0 Å². The van der Waals surface area contributed by atoms with Gasteiger partial charge in [-0.2, -0.15) is 0 Å². The Balaban J connectivity index is 2.15. The SMILES string of the molecule is COc1cccc(NC(=O)Nc2cc(Br)cc(Br)c2CO)c1. The lowest BCUT2D eigenvalue weighted by Crippen LogP contribution is -2.20. The molecule has 0 aliphatic heterocycles. The molecule has 0 radical (unpaired) electrons. The molecule has 5 nitrogen and oxygen atoms in total. The van der Waals surface area contributed by atoms with E-state index in [0.29, 0.717) is 27.2 Å². The molecule has 0 bridgehead atoms. The van der Waals surface area contributed by atoms with Crippen molar-refractivity contribution >= 4 is 49.3 Å². The molecule has 116 valence electrons. The Kier molecular flexibility index (Phi) is 5.82. The Hall–Kier alpha value is -1.57. The number of halogens is 2. The lowest BCUT2D eigenvalue weighted by molar-refractivity contribution is 0.262. The minimum Gasteiger partial charge on any atom is -0.497 e.